The highest BCUT2D eigenvalue weighted by Gasteiger charge is 2.32. The molecule has 2 nitrogen and oxygen atoms in total. The van der Waals surface area contributed by atoms with E-state index in [1.54, 1.807) is 7.11 Å². The fourth-order valence-electron chi connectivity index (χ4n) is 1.36. The average Bonchev–Trinajstić information content (AvgIpc) is 2.03. The molecule has 0 spiro atoms. The Morgan fingerprint density at radius 1 is 1.50 bits per heavy atom. The smallest absolute Gasteiger partial charge is 0.143 e. The zero-order valence-electron chi connectivity index (χ0n) is 8.81. The fraction of sp³-hybridized carbons (Fsp3) is 0.900. The van der Waals surface area contributed by atoms with Gasteiger partial charge in [0.05, 0.1) is 6.61 Å². The van der Waals surface area contributed by atoms with Crippen LogP contribution in [0.4, 0.5) is 0 Å². The first-order valence-electron chi connectivity index (χ1n) is 4.51. The number of methoxy groups -OCH3 is 1. The summed E-state index contributed by atoms with van der Waals surface area (Å²) in [5.41, 5.74) is -0.289. The number of Topliss-reactive ketones (excluding diaryl/α,β-unsaturated/α-hetero) is 1. The maximum Gasteiger partial charge on any atom is 0.143 e. The Bertz CT molecular complexity index is 152. The number of rotatable bonds is 5. The minimum Gasteiger partial charge on any atom is -0.384 e. The molecule has 0 saturated carbocycles. The van der Waals surface area contributed by atoms with Crippen molar-refractivity contribution in [1.29, 1.82) is 0 Å². The Morgan fingerprint density at radius 2 is 2.00 bits per heavy atom. The molecule has 0 aliphatic rings. The van der Waals surface area contributed by atoms with Crippen LogP contribution in [0.25, 0.3) is 0 Å². The molecule has 1 atom stereocenters. The molecule has 0 aromatic rings. The summed E-state index contributed by atoms with van der Waals surface area (Å²) in [6, 6.07) is 0. The summed E-state index contributed by atoms with van der Waals surface area (Å²) < 4.78 is 5.05. The summed E-state index contributed by atoms with van der Waals surface area (Å²) >= 11 is 0. The first kappa shape index (κ1) is 11.6. The second-order valence-electron chi connectivity index (χ2n) is 3.87. The van der Waals surface area contributed by atoms with Crippen LogP contribution in [0.3, 0.4) is 0 Å². The summed E-state index contributed by atoms with van der Waals surface area (Å²) in [6.07, 6.45) is 0.845. The minimum absolute atomic E-state index is 0.102. The number of ketones is 1. The van der Waals surface area contributed by atoms with Crippen molar-refractivity contribution in [3.05, 3.63) is 0 Å². The summed E-state index contributed by atoms with van der Waals surface area (Å²) in [6.45, 7) is 8.40. The Labute approximate surface area is 75.3 Å². The van der Waals surface area contributed by atoms with E-state index in [2.05, 4.69) is 0 Å². The van der Waals surface area contributed by atoms with Gasteiger partial charge < -0.3 is 4.74 Å². The van der Waals surface area contributed by atoms with Gasteiger partial charge in [0.25, 0.3) is 0 Å². The molecule has 0 aromatic heterocycles. The van der Waals surface area contributed by atoms with Crippen molar-refractivity contribution in [1.82, 2.24) is 0 Å². The molecule has 0 aromatic carbocycles. The maximum absolute atomic E-state index is 11.7. The van der Waals surface area contributed by atoms with Crippen LogP contribution in [0, 0.1) is 11.3 Å². The quantitative estimate of drug-likeness (QED) is 0.636. The van der Waals surface area contributed by atoms with Gasteiger partial charge in [-0.2, -0.15) is 0 Å². The Morgan fingerprint density at radius 3 is 2.25 bits per heavy atom. The zero-order valence-corrected chi connectivity index (χ0v) is 8.81. The van der Waals surface area contributed by atoms with Gasteiger partial charge in [-0.15, -0.1) is 0 Å². The lowest BCUT2D eigenvalue weighted by Crippen LogP contribution is -2.35. The van der Waals surface area contributed by atoms with Crippen molar-refractivity contribution < 1.29 is 9.53 Å². The summed E-state index contributed by atoms with van der Waals surface area (Å²) in [7, 11) is 1.64. The molecule has 0 saturated heterocycles. The second kappa shape index (κ2) is 4.61. The second-order valence-corrected chi connectivity index (χ2v) is 3.87. The van der Waals surface area contributed by atoms with Crippen LogP contribution in [0.1, 0.15) is 34.1 Å². The monoisotopic (exact) mass is 172 g/mol. The predicted octanol–water partition coefficient (Wildman–Crippen LogP) is 2.27. The van der Waals surface area contributed by atoms with Gasteiger partial charge in [0.2, 0.25) is 0 Å². The van der Waals surface area contributed by atoms with Crippen LogP contribution >= 0.6 is 0 Å². The Balaban J connectivity index is 4.40. The molecule has 0 aliphatic heterocycles. The molecular weight excluding hydrogens is 152 g/mol. The van der Waals surface area contributed by atoms with Crippen LogP contribution in [-0.4, -0.2) is 19.5 Å². The number of hydrogen-bond donors (Lipinski definition) is 0. The number of carbonyl (C=O) groups excluding carboxylic acids is 1. The zero-order chi connectivity index (χ0) is 9.78. The van der Waals surface area contributed by atoms with Gasteiger partial charge in [-0.1, -0.05) is 27.7 Å². The molecule has 0 radical (unpaired) electrons. The lowest BCUT2D eigenvalue weighted by Gasteiger charge is -2.27. The van der Waals surface area contributed by atoms with Crippen LogP contribution in [0.15, 0.2) is 0 Å². The van der Waals surface area contributed by atoms with Crippen LogP contribution in [-0.2, 0) is 9.53 Å². The summed E-state index contributed by atoms with van der Waals surface area (Å²) in [5, 5.41) is 0. The SMILES string of the molecule is CCC(C)(COC)C(=O)C(C)C. The van der Waals surface area contributed by atoms with E-state index in [-0.39, 0.29) is 11.3 Å². The molecule has 0 fully saturated rings. The van der Waals surface area contributed by atoms with E-state index in [4.69, 9.17) is 4.74 Å². The predicted molar refractivity (Wildman–Crippen MR) is 50.1 cm³/mol. The molecule has 0 heterocycles. The van der Waals surface area contributed by atoms with Gasteiger partial charge in [0, 0.05) is 18.4 Å². The van der Waals surface area contributed by atoms with Crippen molar-refractivity contribution in [3.8, 4) is 0 Å². The number of hydrogen-bond acceptors (Lipinski definition) is 2. The molecule has 0 amide bonds. The van der Waals surface area contributed by atoms with Crippen molar-refractivity contribution in [3.63, 3.8) is 0 Å². The fourth-order valence-corrected chi connectivity index (χ4v) is 1.36. The third kappa shape index (κ3) is 2.59. The molecule has 0 aliphatic carbocycles. The van der Waals surface area contributed by atoms with Crippen molar-refractivity contribution >= 4 is 5.78 Å². The molecule has 2 heteroatoms. The largest absolute Gasteiger partial charge is 0.384 e. The van der Waals surface area contributed by atoms with E-state index < -0.39 is 0 Å². The van der Waals surface area contributed by atoms with Gasteiger partial charge in [-0.05, 0) is 6.42 Å². The molecule has 0 rings (SSSR count). The normalized spacial score (nSPS) is 16.2. The highest BCUT2D eigenvalue weighted by molar-refractivity contribution is 5.86. The highest BCUT2D eigenvalue weighted by atomic mass is 16.5. The van der Waals surface area contributed by atoms with Gasteiger partial charge in [0.1, 0.15) is 5.78 Å². The topological polar surface area (TPSA) is 26.3 Å². The summed E-state index contributed by atoms with van der Waals surface area (Å²) in [4.78, 5) is 11.7. The van der Waals surface area contributed by atoms with E-state index in [1.807, 2.05) is 27.7 Å². The van der Waals surface area contributed by atoms with E-state index in [1.165, 1.54) is 0 Å². The van der Waals surface area contributed by atoms with Crippen LogP contribution < -0.4 is 0 Å². The van der Waals surface area contributed by atoms with Gasteiger partial charge in [-0.3, -0.25) is 4.79 Å². The average molecular weight is 172 g/mol. The molecular formula is C10H20O2. The molecule has 0 N–H and O–H groups in total. The van der Waals surface area contributed by atoms with Crippen molar-refractivity contribution in [2.24, 2.45) is 11.3 Å². The first-order valence-corrected chi connectivity index (χ1v) is 4.51. The lowest BCUT2D eigenvalue weighted by molar-refractivity contribution is -0.134. The van der Waals surface area contributed by atoms with Crippen LogP contribution in [0.2, 0.25) is 0 Å². The summed E-state index contributed by atoms with van der Waals surface area (Å²) in [5.74, 6) is 0.400. The van der Waals surface area contributed by atoms with Crippen molar-refractivity contribution in [2.45, 2.75) is 34.1 Å². The third-order valence-corrected chi connectivity index (χ3v) is 2.36. The lowest BCUT2D eigenvalue weighted by atomic mass is 9.79. The highest BCUT2D eigenvalue weighted by Crippen LogP contribution is 2.26. The third-order valence-electron chi connectivity index (χ3n) is 2.36. The van der Waals surface area contributed by atoms with E-state index in [0.717, 1.165) is 6.42 Å². The van der Waals surface area contributed by atoms with E-state index in [0.29, 0.717) is 12.4 Å². The molecule has 72 valence electrons. The van der Waals surface area contributed by atoms with E-state index >= 15 is 0 Å². The van der Waals surface area contributed by atoms with E-state index in [9.17, 15) is 4.79 Å². The number of ether oxygens (including phenoxy) is 1. The molecule has 0 bridgehead atoms. The van der Waals surface area contributed by atoms with Gasteiger partial charge in [-0.25, -0.2) is 0 Å². The number of carbonyl (C=O) groups is 1. The molecule has 1 unspecified atom stereocenters. The van der Waals surface area contributed by atoms with Gasteiger partial charge >= 0.3 is 0 Å². The Kier molecular flexibility index (Phi) is 4.46. The standard InChI is InChI=1S/C10H20O2/c1-6-10(4,7-12-5)9(11)8(2)3/h8H,6-7H2,1-5H3. The van der Waals surface area contributed by atoms with Crippen LogP contribution in [0.5, 0.6) is 0 Å². The minimum atomic E-state index is -0.289. The van der Waals surface area contributed by atoms with Gasteiger partial charge in [0.15, 0.2) is 0 Å². The first-order chi connectivity index (χ1) is 5.48. The molecule has 12 heavy (non-hydrogen) atoms. The maximum atomic E-state index is 11.7. The van der Waals surface area contributed by atoms with Crippen molar-refractivity contribution in [2.75, 3.05) is 13.7 Å². The Hall–Kier alpha value is -0.370.